The normalized spacial score (nSPS) is 49.8. The SMILES string of the molecule is C=C(C)[C@]12C[C@@H](C)[C@@]34O[C@@](CCCCCCCCCCC)(O[C@H]1[C@H]3[C@@H]1O[C@]1(CO)[C@H](O)[C@]1(O)C(=O)C(C)=C[C@H]14)O2. The number of rotatable bonds is 12. The van der Waals surface area contributed by atoms with E-state index in [0.717, 1.165) is 24.8 Å². The molecular weight excluding hydrogens is 512 g/mol. The number of Topliss-reactive ketones (excluding diaryl/α,β-unsaturated/α-hetero) is 1. The Bertz CT molecular complexity index is 1090. The van der Waals surface area contributed by atoms with Crippen LogP contribution in [0, 0.1) is 17.8 Å². The van der Waals surface area contributed by atoms with Gasteiger partial charge in [-0.1, -0.05) is 77.9 Å². The third-order valence-electron chi connectivity index (χ3n) is 11.3. The van der Waals surface area contributed by atoms with E-state index < -0.39 is 70.9 Å². The summed E-state index contributed by atoms with van der Waals surface area (Å²) in [5.74, 6) is -3.38. The van der Waals surface area contributed by atoms with Gasteiger partial charge in [0.1, 0.15) is 29.5 Å². The Morgan fingerprint density at radius 1 is 1.05 bits per heavy atom. The number of unbranched alkanes of at least 4 members (excludes halogenated alkanes) is 8. The Morgan fingerprint density at radius 3 is 2.33 bits per heavy atom. The van der Waals surface area contributed by atoms with Crippen LogP contribution in [0.5, 0.6) is 0 Å². The van der Waals surface area contributed by atoms with E-state index >= 15 is 0 Å². The fourth-order valence-electron chi connectivity index (χ4n) is 9.19. The van der Waals surface area contributed by atoms with Gasteiger partial charge in [0.05, 0.1) is 12.2 Å². The summed E-state index contributed by atoms with van der Waals surface area (Å²) in [6, 6.07) is 0. The quantitative estimate of drug-likeness (QED) is 0.186. The lowest BCUT2D eigenvalue weighted by molar-refractivity contribution is -0.430. The summed E-state index contributed by atoms with van der Waals surface area (Å²) < 4.78 is 26.8. The van der Waals surface area contributed by atoms with E-state index in [9.17, 15) is 20.1 Å². The van der Waals surface area contributed by atoms with Gasteiger partial charge in [0.2, 0.25) is 0 Å². The lowest BCUT2D eigenvalue weighted by Crippen LogP contribution is -2.72. The van der Waals surface area contributed by atoms with E-state index in [-0.39, 0.29) is 5.92 Å². The molecule has 224 valence electrons. The standard InChI is InChI=1S/C32H48O8/c1-6-7-8-9-10-11-12-13-14-15-30-38-25-23-26-29(18-33,37-26)27(35)31(36)22(16-20(4)24(31)34)32(23,40-30)21(5)17-28(25,39-30)19(2)3/h16,21-23,25-27,33,35-36H,2,6-15,17-18H2,1,3-5H3/t21-,22-,23+,25+,26+,27+,28-,29+,30+,31-,32+/m1/s1. The molecule has 0 radical (unpaired) electrons. The topological polar surface area (TPSA) is 118 Å². The molecule has 0 unspecified atom stereocenters. The van der Waals surface area contributed by atoms with Gasteiger partial charge in [0.15, 0.2) is 11.4 Å². The first-order valence-electron chi connectivity index (χ1n) is 15.7. The molecular formula is C32H48O8. The first-order chi connectivity index (χ1) is 19.0. The van der Waals surface area contributed by atoms with Crippen LogP contribution in [-0.4, -0.2) is 74.4 Å². The van der Waals surface area contributed by atoms with Gasteiger partial charge in [-0.2, -0.15) is 0 Å². The van der Waals surface area contributed by atoms with Crippen LogP contribution in [0.15, 0.2) is 23.8 Å². The summed E-state index contributed by atoms with van der Waals surface area (Å²) in [6.45, 7) is 11.7. The molecule has 3 bridgehead atoms. The number of ketones is 1. The molecule has 0 spiro atoms. The Hall–Kier alpha value is -1.13. The zero-order valence-corrected chi connectivity index (χ0v) is 24.6. The highest BCUT2D eigenvalue weighted by atomic mass is 16.9. The van der Waals surface area contributed by atoms with Crippen molar-refractivity contribution in [2.45, 2.75) is 145 Å². The predicted octanol–water partition coefficient (Wildman–Crippen LogP) is 4.10. The third kappa shape index (κ3) is 3.60. The smallest absolute Gasteiger partial charge is 0.284 e. The summed E-state index contributed by atoms with van der Waals surface area (Å²) >= 11 is 0. The van der Waals surface area contributed by atoms with Gasteiger partial charge in [0, 0.05) is 18.3 Å². The Morgan fingerprint density at radius 2 is 1.70 bits per heavy atom. The fourth-order valence-corrected chi connectivity index (χ4v) is 9.19. The molecule has 6 aliphatic rings. The van der Waals surface area contributed by atoms with Crippen molar-refractivity contribution in [1.82, 2.24) is 0 Å². The summed E-state index contributed by atoms with van der Waals surface area (Å²) in [6.07, 6.45) is 10.7. The molecule has 11 atom stereocenters. The van der Waals surface area contributed by atoms with E-state index in [4.69, 9.17) is 18.9 Å². The number of fused-ring (bicyclic) bond motifs is 3. The average Bonchev–Trinajstić information content (AvgIpc) is 3.56. The van der Waals surface area contributed by atoms with E-state index in [1.165, 1.54) is 38.5 Å². The number of carbonyl (C=O) groups is 1. The van der Waals surface area contributed by atoms with E-state index in [1.807, 2.05) is 6.92 Å². The second-order valence-corrected chi connectivity index (χ2v) is 13.7. The number of carbonyl (C=O) groups excluding carboxylic acids is 1. The molecule has 3 saturated heterocycles. The Balaban J connectivity index is 1.33. The van der Waals surface area contributed by atoms with Crippen molar-refractivity contribution in [2.75, 3.05) is 6.61 Å². The van der Waals surface area contributed by atoms with Crippen molar-refractivity contribution in [3.8, 4) is 0 Å². The first kappa shape index (κ1) is 29.0. The number of aliphatic hydroxyl groups excluding tert-OH is 2. The Kier molecular flexibility index (Phi) is 7.02. The molecule has 0 aromatic heterocycles. The molecule has 5 fully saturated rings. The molecule has 3 aliphatic carbocycles. The van der Waals surface area contributed by atoms with Crippen molar-refractivity contribution in [3.05, 3.63) is 23.8 Å². The number of epoxide rings is 1. The van der Waals surface area contributed by atoms with Crippen LogP contribution < -0.4 is 0 Å². The lowest BCUT2D eigenvalue weighted by Gasteiger charge is -2.59. The van der Waals surface area contributed by atoms with Crippen LogP contribution in [-0.2, 0) is 23.7 Å². The summed E-state index contributed by atoms with van der Waals surface area (Å²) in [7, 11) is 0. The highest BCUT2D eigenvalue weighted by molar-refractivity contribution is 6.05. The van der Waals surface area contributed by atoms with Gasteiger partial charge in [-0.15, -0.1) is 0 Å². The largest absolute Gasteiger partial charge is 0.393 e. The van der Waals surface area contributed by atoms with Crippen molar-refractivity contribution in [1.29, 1.82) is 0 Å². The van der Waals surface area contributed by atoms with E-state index in [2.05, 4.69) is 20.4 Å². The fraction of sp³-hybridized carbons (Fsp3) is 0.844. The molecule has 40 heavy (non-hydrogen) atoms. The zero-order chi connectivity index (χ0) is 28.7. The molecule has 3 aliphatic heterocycles. The minimum absolute atomic E-state index is 0.184. The highest BCUT2D eigenvalue weighted by Crippen LogP contribution is 2.73. The van der Waals surface area contributed by atoms with E-state index in [1.54, 1.807) is 13.0 Å². The van der Waals surface area contributed by atoms with Crippen LogP contribution in [0.2, 0.25) is 0 Å². The second kappa shape index (κ2) is 9.69. The first-order valence-corrected chi connectivity index (χ1v) is 15.7. The molecule has 6 rings (SSSR count). The van der Waals surface area contributed by atoms with E-state index in [0.29, 0.717) is 18.4 Å². The number of hydrogen-bond donors (Lipinski definition) is 3. The minimum Gasteiger partial charge on any atom is -0.393 e. The zero-order valence-electron chi connectivity index (χ0n) is 24.6. The minimum atomic E-state index is -2.18. The average molecular weight is 561 g/mol. The summed E-state index contributed by atoms with van der Waals surface area (Å²) in [4.78, 5) is 13.5. The van der Waals surface area contributed by atoms with Crippen LogP contribution in [0.1, 0.15) is 98.3 Å². The molecule has 8 heteroatoms. The van der Waals surface area contributed by atoms with Gasteiger partial charge in [-0.3, -0.25) is 4.79 Å². The summed E-state index contributed by atoms with van der Waals surface area (Å²) in [5, 5.41) is 34.2. The molecule has 3 heterocycles. The van der Waals surface area contributed by atoms with Gasteiger partial charge in [0.25, 0.3) is 5.97 Å². The van der Waals surface area contributed by atoms with Gasteiger partial charge in [-0.25, -0.2) is 0 Å². The maximum Gasteiger partial charge on any atom is 0.284 e. The van der Waals surface area contributed by atoms with Crippen LogP contribution in [0.4, 0.5) is 0 Å². The Labute approximate surface area is 238 Å². The van der Waals surface area contributed by atoms with Crippen molar-refractivity contribution < 1.29 is 39.1 Å². The van der Waals surface area contributed by atoms with Gasteiger partial charge >= 0.3 is 0 Å². The number of hydrogen-bond acceptors (Lipinski definition) is 8. The third-order valence-corrected chi connectivity index (χ3v) is 11.3. The molecule has 3 N–H and O–H groups in total. The maximum atomic E-state index is 13.5. The number of ether oxygens (including phenoxy) is 4. The van der Waals surface area contributed by atoms with Crippen LogP contribution in [0.25, 0.3) is 0 Å². The van der Waals surface area contributed by atoms with Crippen molar-refractivity contribution in [2.24, 2.45) is 17.8 Å². The van der Waals surface area contributed by atoms with Crippen LogP contribution >= 0.6 is 0 Å². The summed E-state index contributed by atoms with van der Waals surface area (Å²) in [5.41, 5.74) is -4.36. The van der Waals surface area contributed by atoms with Crippen molar-refractivity contribution >= 4 is 5.78 Å². The molecule has 8 nitrogen and oxygen atoms in total. The highest BCUT2D eigenvalue weighted by Gasteiger charge is 2.88. The molecule has 0 aromatic rings. The maximum absolute atomic E-state index is 13.5. The lowest BCUT2D eigenvalue weighted by atomic mass is 9.54. The van der Waals surface area contributed by atoms with Gasteiger partial charge < -0.3 is 34.3 Å². The number of aliphatic hydroxyl groups is 3. The molecule has 0 aromatic carbocycles. The molecule has 0 amide bonds. The predicted molar refractivity (Wildman–Crippen MR) is 147 cm³/mol. The second-order valence-electron chi connectivity index (χ2n) is 13.7. The van der Waals surface area contributed by atoms with Crippen LogP contribution in [0.3, 0.4) is 0 Å². The van der Waals surface area contributed by atoms with Crippen molar-refractivity contribution in [3.63, 3.8) is 0 Å². The monoisotopic (exact) mass is 560 g/mol. The van der Waals surface area contributed by atoms with Gasteiger partial charge in [-0.05, 0) is 43.8 Å². The molecule has 2 saturated carbocycles.